The average Bonchev–Trinajstić information content (AvgIpc) is 3.29. The number of ether oxygens (including phenoxy) is 1. The number of aromatic amines is 1. The number of rotatable bonds is 7. The third-order valence-electron chi connectivity index (χ3n) is 4.23. The summed E-state index contributed by atoms with van der Waals surface area (Å²) in [5, 5.41) is 12.3. The molecule has 0 aliphatic carbocycles. The smallest absolute Gasteiger partial charge is 0.320 e. The summed E-state index contributed by atoms with van der Waals surface area (Å²) in [6.45, 7) is 1.03. The molecule has 4 rings (SSSR count). The lowest BCUT2D eigenvalue weighted by Crippen LogP contribution is -2.30. The number of nitrogens with zero attached hydrogens (tertiary/aromatic N) is 3. The highest BCUT2D eigenvalue weighted by molar-refractivity contribution is 5.90. The molecule has 0 fully saturated rings. The van der Waals surface area contributed by atoms with Crippen LogP contribution in [-0.2, 0) is 0 Å². The average molecular weight is 388 g/mol. The van der Waals surface area contributed by atoms with Crippen LogP contribution in [-0.4, -0.2) is 39.3 Å². The number of amides is 2. The molecule has 8 heteroatoms. The maximum absolute atomic E-state index is 12.1. The van der Waals surface area contributed by atoms with Gasteiger partial charge in [-0.25, -0.2) is 9.78 Å². The normalized spacial score (nSPS) is 10.6. The second-order valence-corrected chi connectivity index (χ2v) is 6.34. The van der Waals surface area contributed by atoms with Gasteiger partial charge in [-0.3, -0.25) is 15.4 Å². The summed E-state index contributed by atoms with van der Waals surface area (Å²) in [5.74, 6) is 1.28. The maximum atomic E-state index is 12.1. The number of aromatic nitrogens is 4. The van der Waals surface area contributed by atoms with E-state index in [2.05, 4.69) is 30.8 Å². The molecule has 146 valence electrons. The minimum atomic E-state index is -0.310. The highest BCUT2D eigenvalue weighted by atomic mass is 16.5. The van der Waals surface area contributed by atoms with E-state index in [-0.39, 0.29) is 6.03 Å². The summed E-state index contributed by atoms with van der Waals surface area (Å²) in [5.41, 5.74) is 3.27. The Balaban J connectivity index is 1.29. The molecule has 0 bridgehead atoms. The van der Waals surface area contributed by atoms with Crippen molar-refractivity contribution in [2.45, 2.75) is 6.42 Å². The highest BCUT2D eigenvalue weighted by Crippen LogP contribution is 2.21. The number of H-pyrrole nitrogens is 1. The van der Waals surface area contributed by atoms with E-state index in [4.69, 9.17) is 4.74 Å². The van der Waals surface area contributed by atoms with Gasteiger partial charge in [0.1, 0.15) is 11.6 Å². The summed E-state index contributed by atoms with van der Waals surface area (Å²) in [6, 6.07) is 14.7. The molecule has 1 aromatic carbocycles. The number of urea groups is 1. The first-order valence-electron chi connectivity index (χ1n) is 9.26. The SMILES string of the molecule is O=C(NCCCOc1ccccc1)Nc1ccc2ncc(-c3cn[nH]c3)cc2n1. The summed E-state index contributed by atoms with van der Waals surface area (Å²) in [6.07, 6.45) is 5.98. The van der Waals surface area contributed by atoms with Gasteiger partial charge in [-0.2, -0.15) is 5.10 Å². The van der Waals surface area contributed by atoms with Gasteiger partial charge >= 0.3 is 6.03 Å². The highest BCUT2D eigenvalue weighted by Gasteiger charge is 2.06. The molecular weight excluding hydrogens is 368 g/mol. The Labute approximate surface area is 167 Å². The van der Waals surface area contributed by atoms with Crippen molar-refractivity contribution in [2.24, 2.45) is 0 Å². The van der Waals surface area contributed by atoms with Gasteiger partial charge in [0.15, 0.2) is 0 Å². The first-order valence-corrected chi connectivity index (χ1v) is 9.26. The second kappa shape index (κ2) is 8.83. The lowest BCUT2D eigenvalue weighted by molar-refractivity contribution is 0.250. The van der Waals surface area contributed by atoms with Gasteiger partial charge in [-0.15, -0.1) is 0 Å². The number of nitrogens with one attached hydrogen (secondary N) is 3. The number of hydrogen-bond acceptors (Lipinski definition) is 5. The summed E-state index contributed by atoms with van der Waals surface area (Å²) in [4.78, 5) is 21.0. The predicted molar refractivity (Wildman–Crippen MR) is 111 cm³/mol. The van der Waals surface area contributed by atoms with E-state index in [1.165, 1.54) is 0 Å². The Morgan fingerprint density at radius 3 is 2.76 bits per heavy atom. The number of anilines is 1. The van der Waals surface area contributed by atoms with Gasteiger partial charge in [0.25, 0.3) is 0 Å². The number of benzene rings is 1. The monoisotopic (exact) mass is 388 g/mol. The summed E-state index contributed by atoms with van der Waals surface area (Å²) in [7, 11) is 0. The van der Waals surface area contributed by atoms with E-state index in [0.717, 1.165) is 22.4 Å². The number of carbonyl (C=O) groups is 1. The van der Waals surface area contributed by atoms with E-state index in [1.807, 2.05) is 42.5 Å². The first kappa shape index (κ1) is 18.4. The molecule has 0 aliphatic rings. The second-order valence-electron chi connectivity index (χ2n) is 6.34. The third kappa shape index (κ3) is 4.86. The van der Waals surface area contributed by atoms with Crippen molar-refractivity contribution in [3.63, 3.8) is 0 Å². The standard InChI is InChI=1S/C21H20N6O2/c28-21(22-9-4-10-29-17-5-2-1-3-6-17)27-20-8-7-18-19(26-20)11-15(12-23-18)16-13-24-25-14-16/h1-3,5-8,11-14H,4,9-10H2,(H,24,25)(H2,22,26,27,28). The quantitative estimate of drug-likeness (QED) is 0.420. The van der Waals surface area contributed by atoms with Crippen molar-refractivity contribution in [1.29, 1.82) is 0 Å². The van der Waals surface area contributed by atoms with Crippen LogP contribution in [0.3, 0.4) is 0 Å². The minimum Gasteiger partial charge on any atom is -0.494 e. The largest absolute Gasteiger partial charge is 0.494 e. The Morgan fingerprint density at radius 1 is 1.03 bits per heavy atom. The van der Waals surface area contributed by atoms with Crippen LogP contribution >= 0.6 is 0 Å². The van der Waals surface area contributed by atoms with Gasteiger partial charge < -0.3 is 10.1 Å². The van der Waals surface area contributed by atoms with Crippen molar-refractivity contribution >= 4 is 22.9 Å². The fraction of sp³-hybridized carbons (Fsp3) is 0.143. The third-order valence-corrected chi connectivity index (χ3v) is 4.23. The van der Waals surface area contributed by atoms with Crippen LogP contribution in [0, 0.1) is 0 Å². The molecule has 0 saturated carbocycles. The molecule has 2 amide bonds. The molecule has 3 N–H and O–H groups in total. The van der Waals surface area contributed by atoms with Crippen LogP contribution in [0.15, 0.2) is 67.1 Å². The number of carbonyl (C=O) groups excluding carboxylic acids is 1. The molecule has 3 heterocycles. The van der Waals surface area contributed by atoms with Gasteiger partial charge in [0.05, 0.1) is 23.8 Å². The van der Waals surface area contributed by atoms with Crippen LogP contribution in [0.25, 0.3) is 22.2 Å². The topological polar surface area (TPSA) is 105 Å². The van der Waals surface area contributed by atoms with Crippen molar-refractivity contribution < 1.29 is 9.53 Å². The van der Waals surface area contributed by atoms with E-state index >= 15 is 0 Å². The van der Waals surface area contributed by atoms with Crippen LogP contribution in [0.1, 0.15) is 6.42 Å². The molecule has 0 unspecified atom stereocenters. The van der Waals surface area contributed by atoms with Gasteiger partial charge in [0, 0.05) is 30.1 Å². The maximum Gasteiger partial charge on any atom is 0.320 e. The Kier molecular flexibility index (Phi) is 5.61. The first-order chi connectivity index (χ1) is 14.3. The number of hydrogen-bond donors (Lipinski definition) is 3. The van der Waals surface area contributed by atoms with Gasteiger partial charge in [-0.05, 0) is 36.8 Å². The zero-order valence-corrected chi connectivity index (χ0v) is 15.6. The van der Waals surface area contributed by atoms with Crippen LogP contribution in [0.5, 0.6) is 5.75 Å². The van der Waals surface area contributed by atoms with Crippen LogP contribution in [0.2, 0.25) is 0 Å². The van der Waals surface area contributed by atoms with Crippen molar-refractivity contribution in [3.05, 3.63) is 67.1 Å². The van der Waals surface area contributed by atoms with E-state index in [0.29, 0.717) is 30.9 Å². The number of pyridine rings is 2. The molecule has 8 nitrogen and oxygen atoms in total. The Bertz CT molecular complexity index is 1080. The fourth-order valence-corrected chi connectivity index (χ4v) is 2.78. The lowest BCUT2D eigenvalue weighted by Gasteiger charge is -2.09. The molecule has 29 heavy (non-hydrogen) atoms. The molecular formula is C21H20N6O2. The summed E-state index contributed by atoms with van der Waals surface area (Å²) >= 11 is 0. The minimum absolute atomic E-state index is 0.310. The van der Waals surface area contributed by atoms with Gasteiger partial charge in [-0.1, -0.05) is 18.2 Å². The molecule has 0 saturated heterocycles. The molecule has 4 aromatic rings. The van der Waals surface area contributed by atoms with Crippen molar-refractivity contribution in [3.8, 4) is 16.9 Å². The van der Waals surface area contributed by atoms with Gasteiger partial charge in [0.2, 0.25) is 0 Å². The Hall–Kier alpha value is -3.94. The van der Waals surface area contributed by atoms with Crippen LogP contribution < -0.4 is 15.4 Å². The van der Waals surface area contributed by atoms with E-state index < -0.39 is 0 Å². The zero-order chi connectivity index (χ0) is 19.9. The molecule has 0 radical (unpaired) electrons. The van der Waals surface area contributed by atoms with E-state index in [9.17, 15) is 4.79 Å². The molecule has 0 aliphatic heterocycles. The fourth-order valence-electron chi connectivity index (χ4n) is 2.78. The molecule has 0 spiro atoms. The van der Waals surface area contributed by atoms with Crippen molar-refractivity contribution in [2.75, 3.05) is 18.5 Å². The predicted octanol–water partition coefficient (Wildman–Crippen LogP) is 3.61. The molecule has 3 aromatic heterocycles. The van der Waals surface area contributed by atoms with Crippen LogP contribution in [0.4, 0.5) is 10.6 Å². The Morgan fingerprint density at radius 2 is 1.93 bits per heavy atom. The number of para-hydroxylation sites is 1. The van der Waals surface area contributed by atoms with Crippen molar-refractivity contribution in [1.82, 2.24) is 25.5 Å². The molecule has 0 atom stereocenters. The lowest BCUT2D eigenvalue weighted by atomic mass is 10.1. The number of fused-ring (bicyclic) bond motifs is 1. The summed E-state index contributed by atoms with van der Waals surface area (Å²) < 4.78 is 5.60. The zero-order valence-electron chi connectivity index (χ0n) is 15.6. The van der Waals surface area contributed by atoms with E-state index in [1.54, 1.807) is 24.7 Å².